The molecular formula is C14H25N3O2S. The summed E-state index contributed by atoms with van der Waals surface area (Å²) in [6.07, 6.45) is 1.96. The molecule has 0 atom stereocenters. The smallest absolute Gasteiger partial charge is 0.242 e. The summed E-state index contributed by atoms with van der Waals surface area (Å²) in [5.41, 5.74) is 6.23. The quantitative estimate of drug-likeness (QED) is 0.683. The van der Waals surface area contributed by atoms with E-state index >= 15 is 0 Å². The molecule has 0 saturated carbocycles. The lowest BCUT2D eigenvalue weighted by Crippen LogP contribution is -2.26. The molecule has 6 heteroatoms. The number of anilines is 1. The summed E-state index contributed by atoms with van der Waals surface area (Å²) >= 11 is 0. The third-order valence-electron chi connectivity index (χ3n) is 3.26. The van der Waals surface area contributed by atoms with Crippen molar-refractivity contribution >= 4 is 15.7 Å². The van der Waals surface area contributed by atoms with E-state index in [1.54, 1.807) is 18.2 Å². The average molecular weight is 299 g/mol. The first kappa shape index (κ1) is 16.9. The molecule has 0 fully saturated rings. The van der Waals surface area contributed by atoms with E-state index in [1.807, 2.05) is 6.07 Å². The molecule has 5 nitrogen and oxygen atoms in total. The molecular weight excluding hydrogens is 274 g/mol. The fourth-order valence-electron chi connectivity index (χ4n) is 1.96. The van der Waals surface area contributed by atoms with Crippen molar-refractivity contribution in [2.24, 2.45) is 11.1 Å². The highest BCUT2D eigenvalue weighted by atomic mass is 32.2. The zero-order valence-corrected chi connectivity index (χ0v) is 13.3. The van der Waals surface area contributed by atoms with Crippen molar-refractivity contribution in [3.8, 4) is 0 Å². The van der Waals surface area contributed by atoms with Crippen LogP contribution in [0.25, 0.3) is 0 Å². The van der Waals surface area contributed by atoms with E-state index < -0.39 is 10.0 Å². The second-order valence-corrected chi connectivity index (χ2v) is 7.47. The first-order chi connectivity index (χ1) is 9.32. The number of nitrogens with two attached hydrogens (primary N) is 1. The molecule has 0 saturated heterocycles. The Kier molecular flexibility index (Phi) is 5.98. The predicted octanol–water partition coefficient (Wildman–Crippen LogP) is 1.77. The van der Waals surface area contributed by atoms with E-state index in [0.29, 0.717) is 18.8 Å². The van der Waals surface area contributed by atoms with E-state index in [-0.39, 0.29) is 10.3 Å². The molecule has 0 aliphatic heterocycles. The first-order valence-electron chi connectivity index (χ1n) is 6.79. The van der Waals surface area contributed by atoms with Crippen LogP contribution in [-0.2, 0) is 10.0 Å². The highest BCUT2D eigenvalue weighted by molar-refractivity contribution is 7.89. The summed E-state index contributed by atoms with van der Waals surface area (Å²) in [5, 5.41) is 3.24. The Bertz CT molecular complexity index is 527. The van der Waals surface area contributed by atoms with Gasteiger partial charge in [0.05, 0.1) is 5.69 Å². The molecule has 0 amide bonds. The van der Waals surface area contributed by atoms with Crippen LogP contribution >= 0.6 is 0 Å². The van der Waals surface area contributed by atoms with Crippen LogP contribution in [0, 0.1) is 5.41 Å². The Morgan fingerprint density at radius 3 is 2.50 bits per heavy atom. The van der Waals surface area contributed by atoms with Crippen LogP contribution in [0.15, 0.2) is 29.2 Å². The van der Waals surface area contributed by atoms with Gasteiger partial charge in [0, 0.05) is 6.54 Å². The molecule has 1 rings (SSSR count). The predicted molar refractivity (Wildman–Crippen MR) is 83.2 cm³/mol. The van der Waals surface area contributed by atoms with Gasteiger partial charge in [-0.25, -0.2) is 13.1 Å². The van der Waals surface area contributed by atoms with Crippen LogP contribution in [0.3, 0.4) is 0 Å². The minimum absolute atomic E-state index is 0.0654. The number of para-hydroxylation sites is 1. The molecule has 0 spiro atoms. The Morgan fingerprint density at radius 2 is 1.90 bits per heavy atom. The van der Waals surface area contributed by atoms with Crippen molar-refractivity contribution < 1.29 is 8.42 Å². The molecule has 0 bridgehead atoms. The molecule has 114 valence electrons. The van der Waals surface area contributed by atoms with Crippen molar-refractivity contribution in [1.29, 1.82) is 0 Å². The van der Waals surface area contributed by atoms with Crippen molar-refractivity contribution in [3.05, 3.63) is 24.3 Å². The van der Waals surface area contributed by atoms with E-state index in [4.69, 9.17) is 5.73 Å². The van der Waals surface area contributed by atoms with Gasteiger partial charge in [0.25, 0.3) is 0 Å². The second kappa shape index (κ2) is 7.06. The number of hydrogen-bond donors (Lipinski definition) is 3. The highest BCUT2D eigenvalue weighted by Crippen LogP contribution is 2.25. The fraction of sp³-hybridized carbons (Fsp3) is 0.571. The SMILES string of the molecule is CNS(=O)(=O)c1ccccc1NCC(C)(C)CCCN. The summed E-state index contributed by atoms with van der Waals surface area (Å²) in [4.78, 5) is 0.275. The van der Waals surface area contributed by atoms with Gasteiger partial charge in [0.2, 0.25) is 10.0 Å². The molecule has 0 aliphatic rings. The minimum atomic E-state index is -3.45. The van der Waals surface area contributed by atoms with E-state index in [2.05, 4.69) is 23.9 Å². The van der Waals surface area contributed by atoms with Crippen molar-refractivity contribution in [2.75, 3.05) is 25.5 Å². The third kappa shape index (κ3) is 4.77. The molecule has 0 radical (unpaired) electrons. The van der Waals surface area contributed by atoms with Gasteiger partial charge >= 0.3 is 0 Å². The van der Waals surface area contributed by atoms with E-state index in [0.717, 1.165) is 12.8 Å². The van der Waals surface area contributed by atoms with Crippen LogP contribution in [0.2, 0.25) is 0 Å². The largest absolute Gasteiger partial charge is 0.383 e. The number of rotatable bonds is 8. The maximum atomic E-state index is 12.0. The van der Waals surface area contributed by atoms with Crippen LogP contribution < -0.4 is 15.8 Å². The van der Waals surface area contributed by atoms with Crippen LogP contribution in [0.5, 0.6) is 0 Å². The van der Waals surface area contributed by atoms with Gasteiger partial charge in [-0.05, 0) is 44.0 Å². The molecule has 0 aromatic heterocycles. The molecule has 1 aromatic carbocycles. The van der Waals surface area contributed by atoms with Gasteiger partial charge in [-0.3, -0.25) is 0 Å². The molecule has 0 aliphatic carbocycles. The highest BCUT2D eigenvalue weighted by Gasteiger charge is 2.20. The van der Waals surface area contributed by atoms with Gasteiger partial charge < -0.3 is 11.1 Å². The fourth-order valence-corrected chi connectivity index (χ4v) is 2.87. The van der Waals surface area contributed by atoms with Crippen molar-refractivity contribution in [1.82, 2.24) is 4.72 Å². The van der Waals surface area contributed by atoms with Crippen molar-refractivity contribution in [2.45, 2.75) is 31.6 Å². The lowest BCUT2D eigenvalue weighted by Gasteiger charge is -2.26. The van der Waals surface area contributed by atoms with Gasteiger partial charge in [0.15, 0.2) is 0 Å². The van der Waals surface area contributed by atoms with Gasteiger partial charge in [-0.2, -0.15) is 0 Å². The number of hydrogen-bond acceptors (Lipinski definition) is 4. The minimum Gasteiger partial charge on any atom is -0.383 e. The van der Waals surface area contributed by atoms with E-state index in [9.17, 15) is 8.42 Å². The maximum absolute atomic E-state index is 12.0. The Balaban J connectivity index is 2.84. The third-order valence-corrected chi connectivity index (χ3v) is 4.73. The Morgan fingerprint density at radius 1 is 1.25 bits per heavy atom. The summed E-state index contributed by atoms with van der Waals surface area (Å²) in [5.74, 6) is 0. The van der Waals surface area contributed by atoms with Crippen LogP contribution in [0.4, 0.5) is 5.69 Å². The summed E-state index contributed by atoms with van der Waals surface area (Å²) in [6.45, 7) is 5.66. The number of benzene rings is 1. The maximum Gasteiger partial charge on any atom is 0.242 e. The zero-order valence-electron chi connectivity index (χ0n) is 12.4. The van der Waals surface area contributed by atoms with Gasteiger partial charge in [0.1, 0.15) is 4.90 Å². The molecule has 1 aromatic rings. The molecule has 20 heavy (non-hydrogen) atoms. The Labute approximate surface area is 122 Å². The summed E-state index contributed by atoms with van der Waals surface area (Å²) in [6, 6.07) is 6.92. The van der Waals surface area contributed by atoms with Gasteiger partial charge in [-0.15, -0.1) is 0 Å². The normalized spacial score (nSPS) is 12.4. The summed E-state index contributed by atoms with van der Waals surface area (Å²) < 4.78 is 26.2. The first-order valence-corrected chi connectivity index (χ1v) is 8.27. The van der Waals surface area contributed by atoms with Gasteiger partial charge in [-0.1, -0.05) is 26.0 Å². The Hall–Kier alpha value is -1.11. The molecule has 0 heterocycles. The van der Waals surface area contributed by atoms with Crippen LogP contribution in [0.1, 0.15) is 26.7 Å². The van der Waals surface area contributed by atoms with E-state index in [1.165, 1.54) is 7.05 Å². The number of sulfonamides is 1. The number of nitrogens with one attached hydrogen (secondary N) is 2. The topological polar surface area (TPSA) is 84.2 Å². The lowest BCUT2D eigenvalue weighted by molar-refractivity contribution is 0.350. The summed E-state index contributed by atoms with van der Waals surface area (Å²) in [7, 11) is -2.03. The molecule has 0 unspecified atom stereocenters. The monoisotopic (exact) mass is 299 g/mol. The average Bonchev–Trinajstić information content (AvgIpc) is 2.43. The van der Waals surface area contributed by atoms with Crippen LogP contribution in [-0.4, -0.2) is 28.6 Å². The molecule has 4 N–H and O–H groups in total. The standard InChI is InChI=1S/C14H25N3O2S/c1-14(2,9-6-10-15)11-17-12-7-4-5-8-13(12)20(18,19)16-3/h4-5,7-8,16-17H,6,9-11,15H2,1-3H3. The zero-order chi connectivity index (χ0) is 15.2. The second-order valence-electron chi connectivity index (χ2n) is 5.61. The van der Waals surface area contributed by atoms with Crippen molar-refractivity contribution in [3.63, 3.8) is 0 Å². The lowest BCUT2D eigenvalue weighted by atomic mass is 9.87.